The van der Waals surface area contributed by atoms with Gasteiger partial charge >= 0.3 is 0 Å². The summed E-state index contributed by atoms with van der Waals surface area (Å²) in [5.41, 5.74) is 6.44. The molecule has 0 aliphatic rings. The third-order valence-electron chi connectivity index (χ3n) is 2.33. The molecule has 2 aromatic rings. The molecule has 1 aromatic carbocycles. The smallest absolute Gasteiger partial charge is 0.207 e. The second-order valence-corrected chi connectivity index (χ2v) is 5.05. The first-order valence-corrected chi connectivity index (χ1v) is 6.45. The van der Waals surface area contributed by atoms with Gasteiger partial charge in [0.15, 0.2) is 0 Å². The molecule has 0 amide bonds. The molecule has 0 saturated carbocycles. The number of hydrogen-bond acceptors (Lipinski definition) is 6. The lowest BCUT2D eigenvalue weighted by molar-refractivity contribution is 0.323. The maximum atomic E-state index is 5.79. The summed E-state index contributed by atoms with van der Waals surface area (Å²) in [7, 11) is 3.90. The molecule has 5 nitrogen and oxygen atoms in total. The van der Waals surface area contributed by atoms with Crippen LogP contribution in [0.4, 0.5) is 10.8 Å². The van der Waals surface area contributed by atoms with Crippen LogP contribution in [0.5, 0.6) is 5.75 Å². The highest BCUT2D eigenvalue weighted by Gasteiger charge is 2.06. The molecule has 0 aliphatic heterocycles. The quantitative estimate of drug-likeness (QED) is 0.834. The highest BCUT2D eigenvalue weighted by Crippen LogP contribution is 2.21. The number of anilines is 2. The minimum Gasteiger partial charge on any atom is -0.491 e. The van der Waals surface area contributed by atoms with Crippen LogP contribution in [0.15, 0.2) is 24.3 Å². The van der Waals surface area contributed by atoms with E-state index in [2.05, 4.69) is 10.2 Å². The highest BCUT2D eigenvalue weighted by molar-refractivity contribution is 7.15. The molecule has 6 heteroatoms. The van der Waals surface area contributed by atoms with E-state index >= 15 is 0 Å². The number of rotatable bonds is 5. The summed E-state index contributed by atoms with van der Waals surface area (Å²) in [6, 6.07) is 7.47. The molecular weight excluding hydrogens is 248 g/mol. The van der Waals surface area contributed by atoms with Gasteiger partial charge < -0.3 is 15.4 Å². The van der Waals surface area contributed by atoms with E-state index < -0.39 is 0 Å². The van der Waals surface area contributed by atoms with Crippen molar-refractivity contribution in [3.05, 3.63) is 29.3 Å². The van der Waals surface area contributed by atoms with Crippen molar-refractivity contribution in [2.24, 2.45) is 0 Å². The minimum absolute atomic E-state index is 0.552. The van der Waals surface area contributed by atoms with Gasteiger partial charge in [0, 0.05) is 20.5 Å². The first kappa shape index (κ1) is 12.6. The normalized spacial score (nSPS) is 10.3. The number of nitrogens with zero attached hydrogens (tertiary/aromatic N) is 3. The number of benzene rings is 1. The molecule has 2 rings (SSSR count). The van der Waals surface area contributed by atoms with E-state index in [4.69, 9.17) is 10.5 Å². The second-order valence-electron chi connectivity index (χ2n) is 4.01. The van der Waals surface area contributed by atoms with Crippen LogP contribution in [0.25, 0.3) is 0 Å². The SMILES string of the molecule is CN(C)c1nnc(CCOc2ccccc2N)s1. The molecule has 2 N–H and O–H groups in total. The maximum absolute atomic E-state index is 5.79. The molecule has 1 aromatic heterocycles. The fourth-order valence-electron chi connectivity index (χ4n) is 1.39. The summed E-state index contributed by atoms with van der Waals surface area (Å²) in [6.07, 6.45) is 0.736. The first-order valence-electron chi connectivity index (χ1n) is 5.64. The van der Waals surface area contributed by atoms with Gasteiger partial charge in [0.25, 0.3) is 0 Å². The fourth-order valence-corrected chi connectivity index (χ4v) is 2.13. The molecule has 0 fully saturated rings. The summed E-state index contributed by atoms with van der Waals surface area (Å²) in [5, 5.41) is 10.1. The van der Waals surface area contributed by atoms with Crippen LogP contribution in [0, 0.1) is 0 Å². The van der Waals surface area contributed by atoms with E-state index in [1.165, 1.54) is 0 Å². The summed E-state index contributed by atoms with van der Waals surface area (Å²) in [4.78, 5) is 1.94. The zero-order chi connectivity index (χ0) is 13.0. The van der Waals surface area contributed by atoms with Crippen molar-refractivity contribution >= 4 is 22.2 Å². The van der Waals surface area contributed by atoms with E-state index in [0.717, 1.165) is 22.3 Å². The van der Waals surface area contributed by atoms with Crippen LogP contribution in [-0.4, -0.2) is 30.9 Å². The Balaban J connectivity index is 1.87. The molecule has 1 heterocycles. The lowest BCUT2D eigenvalue weighted by atomic mass is 10.3. The molecule has 0 spiro atoms. The van der Waals surface area contributed by atoms with E-state index in [-0.39, 0.29) is 0 Å². The molecule has 0 saturated heterocycles. The van der Waals surface area contributed by atoms with Crippen LogP contribution in [0.3, 0.4) is 0 Å². The Morgan fingerprint density at radius 1 is 1.28 bits per heavy atom. The number of ether oxygens (including phenoxy) is 1. The molecule has 0 aliphatic carbocycles. The van der Waals surface area contributed by atoms with E-state index in [1.807, 2.05) is 43.3 Å². The molecular formula is C12H16N4OS. The van der Waals surface area contributed by atoms with Gasteiger partial charge in [0.05, 0.1) is 12.3 Å². The van der Waals surface area contributed by atoms with Gasteiger partial charge in [-0.15, -0.1) is 10.2 Å². The van der Waals surface area contributed by atoms with Crippen molar-refractivity contribution in [2.45, 2.75) is 6.42 Å². The van der Waals surface area contributed by atoms with E-state index in [9.17, 15) is 0 Å². The number of nitrogens with two attached hydrogens (primary N) is 1. The Morgan fingerprint density at radius 2 is 2.06 bits per heavy atom. The van der Waals surface area contributed by atoms with Gasteiger partial charge in [-0.05, 0) is 12.1 Å². The number of nitrogen functional groups attached to an aromatic ring is 1. The van der Waals surface area contributed by atoms with Crippen LogP contribution in [0.1, 0.15) is 5.01 Å². The van der Waals surface area contributed by atoms with Gasteiger partial charge in [-0.3, -0.25) is 0 Å². The topological polar surface area (TPSA) is 64.3 Å². The van der Waals surface area contributed by atoms with E-state index in [1.54, 1.807) is 11.3 Å². The Morgan fingerprint density at radius 3 is 2.72 bits per heavy atom. The van der Waals surface area contributed by atoms with Crippen molar-refractivity contribution in [1.82, 2.24) is 10.2 Å². The van der Waals surface area contributed by atoms with Gasteiger partial charge in [-0.25, -0.2) is 0 Å². The highest BCUT2D eigenvalue weighted by atomic mass is 32.1. The van der Waals surface area contributed by atoms with Gasteiger partial charge in [-0.2, -0.15) is 0 Å². The third-order valence-corrected chi connectivity index (χ3v) is 3.48. The zero-order valence-corrected chi connectivity index (χ0v) is 11.3. The molecule has 96 valence electrons. The molecule has 0 bridgehead atoms. The van der Waals surface area contributed by atoms with Crippen molar-refractivity contribution < 1.29 is 4.74 Å². The number of hydrogen-bond donors (Lipinski definition) is 1. The predicted octanol–water partition coefficient (Wildman–Crippen LogP) is 1.81. The van der Waals surface area contributed by atoms with Gasteiger partial charge in [-0.1, -0.05) is 23.5 Å². The summed E-state index contributed by atoms with van der Waals surface area (Å²) in [5.74, 6) is 0.717. The summed E-state index contributed by atoms with van der Waals surface area (Å²) < 4.78 is 5.61. The Labute approximate surface area is 110 Å². The van der Waals surface area contributed by atoms with Gasteiger partial charge in [0.1, 0.15) is 10.8 Å². The lowest BCUT2D eigenvalue weighted by Gasteiger charge is -2.07. The van der Waals surface area contributed by atoms with Crippen LogP contribution < -0.4 is 15.4 Å². The standard InChI is InChI=1S/C12H16N4OS/c1-16(2)12-15-14-11(18-12)7-8-17-10-6-4-3-5-9(10)13/h3-6H,7-8,13H2,1-2H3. The van der Waals surface area contributed by atoms with E-state index in [0.29, 0.717) is 12.3 Å². The van der Waals surface area contributed by atoms with Crippen LogP contribution in [-0.2, 0) is 6.42 Å². The Bertz CT molecular complexity index is 512. The van der Waals surface area contributed by atoms with Crippen LogP contribution in [0.2, 0.25) is 0 Å². The Kier molecular flexibility index (Phi) is 3.99. The molecule has 0 radical (unpaired) electrons. The summed E-state index contributed by atoms with van der Waals surface area (Å²) >= 11 is 1.57. The summed E-state index contributed by atoms with van der Waals surface area (Å²) in [6.45, 7) is 0.552. The molecule has 0 unspecified atom stereocenters. The lowest BCUT2D eigenvalue weighted by Crippen LogP contribution is -2.07. The average molecular weight is 264 g/mol. The fraction of sp³-hybridized carbons (Fsp3) is 0.333. The predicted molar refractivity (Wildman–Crippen MR) is 74.3 cm³/mol. The zero-order valence-electron chi connectivity index (χ0n) is 10.5. The number of para-hydroxylation sites is 2. The first-order chi connectivity index (χ1) is 8.66. The van der Waals surface area contributed by atoms with Crippen LogP contribution >= 0.6 is 11.3 Å². The minimum atomic E-state index is 0.552. The van der Waals surface area contributed by atoms with Crippen molar-refractivity contribution in [3.63, 3.8) is 0 Å². The van der Waals surface area contributed by atoms with Crippen molar-refractivity contribution in [3.8, 4) is 5.75 Å². The maximum Gasteiger partial charge on any atom is 0.207 e. The average Bonchev–Trinajstić information content (AvgIpc) is 2.80. The van der Waals surface area contributed by atoms with Crippen molar-refractivity contribution in [2.75, 3.05) is 31.3 Å². The van der Waals surface area contributed by atoms with Crippen molar-refractivity contribution in [1.29, 1.82) is 0 Å². The van der Waals surface area contributed by atoms with Gasteiger partial charge in [0.2, 0.25) is 5.13 Å². The third kappa shape index (κ3) is 3.10. The largest absolute Gasteiger partial charge is 0.491 e. The Hall–Kier alpha value is -1.82. The second kappa shape index (κ2) is 5.68. The molecule has 18 heavy (non-hydrogen) atoms. The molecule has 0 atom stereocenters. The number of aromatic nitrogens is 2. The monoisotopic (exact) mass is 264 g/mol.